The fraction of sp³-hybridized carbons (Fsp3) is 0.410. The lowest BCUT2D eigenvalue weighted by molar-refractivity contribution is -0.275. The SMILES string of the molecule is Cn1cc(-c2ccc(CN3CCC(N4CCC(c5ccc(NC6CCC(=O)NC6=O)cc5F)CC4)CC3)c(OC(F)(F)F)c2)c2ccccc2c1=O. The topological polar surface area (TPSA) is 95.9 Å². The molecule has 4 heterocycles. The zero-order valence-corrected chi connectivity index (χ0v) is 28.8. The number of amides is 2. The van der Waals surface area contributed by atoms with Gasteiger partial charge in [0, 0.05) is 54.5 Å². The maximum atomic E-state index is 15.2. The van der Waals surface area contributed by atoms with Gasteiger partial charge in [-0.05, 0) is 105 Å². The highest BCUT2D eigenvalue weighted by Crippen LogP contribution is 2.36. The third kappa shape index (κ3) is 7.85. The fourth-order valence-corrected chi connectivity index (χ4v) is 7.96. The van der Waals surface area contributed by atoms with Crippen LogP contribution in [-0.4, -0.2) is 70.8 Å². The van der Waals surface area contributed by atoms with Crippen molar-refractivity contribution in [2.75, 3.05) is 31.5 Å². The molecule has 1 unspecified atom stereocenters. The Morgan fingerprint density at radius 2 is 1.62 bits per heavy atom. The lowest BCUT2D eigenvalue weighted by Crippen LogP contribution is -2.47. The number of hydrogen-bond acceptors (Lipinski definition) is 7. The summed E-state index contributed by atoms with van der Waals surface area (Å²) in [6.07, 6.45) is 0.749. The Kier molecular flexibility index (Phi) is 10.1. The molecule has 52 heavy (non-hydrogen) atoms. The van der Waals surface area contributed by atoms with Gasteiger partial charge in [0.15, 0.2) is 0 Å². The average Bonchev–Trinajstić information content (AvgIpc) is 3.12. The lowest BCUT2D eigenvalue weighted by atomic mass is 9.87. The first-order valence-corrected chi connectivity index (χ1v) is 17.8. The summed E-state index contributed by atoms with van der Waals surface area (Å²) >= 11 is 0. The Morgan fingerprint density at radius 3 is 2.31 bits per heavy atom. The second-order valence-electron chi connectivity index (χ2n) is 14.1. The molecule has 0 spiro atoms. The maximum absolute atomic E-state index is 15.2. The van der Waals surface area contributed by atoms with E-state index in [9.17, 15) is 27.6 Å². The second kappa shape index (κ2) is 14.7. The van der Waals surface area contributed by atoms with E-state index in [-0.39, 0.29) is 35.4 Å². The minimum atomic E-state index is -4.87. The number of carbonyl (C=O) groups excluding carboxylic acids is 2. The number of pyridine rings is 1. The van der Waals surface area contributed by atoms with Crippen molar-refractivity contribution in [3.8, 4) is 16.9 Å². The molecule has 0 saturated carbocycles. The number of piperidine rings is 3. The maximum Gasteiger partial charge on any atom is 0.573 e. The highest BCUT2D eigenvalue weighted by Gasteiger charge is 2.34. The summed E-state index contributed by atoms with van der Waals surface area (Å²) in [5.41, 5.74) is 2.59. The standard InChI is InChI=1S/C39H41F4N5O4/c1-46-23-32(30-4-2-3-5-31(30)38(46)51)25-6-7-26(35(20-25)52-39(41,42)43)22-47-16-14-28(15-17-47)48-18-12-24(13-19-48)29-9-8-27(21-33(29)40)44-34-10-11-36(49)45-37(34)50/h2-9,20-21,23-24,28,34,44H,10-19,22H2,1H3,(H,45,49,50). The number of ether oxygens (including phenoxy) is 1. The van der Waals surface area contributed by atoms with Gasteiger partial charge in [-0.1, -0.05) is 36.4 Å². The van der Waals surface area contributed by atoms with E-state index in [0.717, 1.165) is 51.9 Å². The number of aromatic nitrogens is 1. The smallest absolute Gasteiger partial charge is 0.405 e. The summed E-state index contributed by atoms with van der Waals surface area (Å²) in [5.74, 6) is -1.19. The molecule has 0 radical (unpaired) electrons. The molecule has 3 fully saturated rings. The summed E-state index contributed by atoms with van der Waals surface area (Å²) in [6.45, 7) is 3.41. The first kappa shape index (κ1) is 35.6. The van der Waals surface area contributed by atoms with E-state index >= 15 is 4.39 Å². The number of carbonyl (C=O) groups is 2. The molecule has 9 nitrogen and oxygen atoms in total. The van der Waals surface area contributed by atoms with E-state index in [4.69, 9.17) is 0 Å². The number of halogens is 4. The van der Waals surface area contributed by atoms with Crippen LogP contribution in [0.3, 0.4) is 0 Å². The van der Waals surface area contributed by atoms with Gasteiger partial charge in [-0.15, -0.1) is 13.2 Å². The van der Waals surface area contributed by atoms with E-state index in [0.29, 0.717) is 57.7 Å². The van der Waals surface area contributed by atoms with Crippen LogP contribution in [0, 0.1) is 5.82 Å². The number of nitrogens with one attached hydrogen (secondary N) is 2. The minimum Gasteiger partial charge on any atom is -0.405 e. The summed E-state index contributed by atoms with van der Waals surface area (Å²) in [5, 5.41) is 6.48. The molecule has 3 aliphatic heterocycles. The number of aryl methyl sites for hydroxylation is 1. The molecule has 2 N–H and O–H groups in total. The number of hydrogen-bond donors (Lipinski definition) is 2. The Morgan fingerprint density at radius 1 is 0.885 bits per heavy atom. The second-order valence-corrected chi connectivity index (χ2v) is 14.1. The highest BCUT2D eigenvalue weighted by molar-refractivity contribution is 6.01. The van der Waals surface area contributed by atoms with Crippen LogP contribution in [-0.2, 0) is 23.2 Å². The number of alkyl halides is 3. The van der Waals surface area contributed by atoms with Crippen LogP contribution >= 0.6 is 0 Å². The number of imide groups is 1. The summed E-state index contributed by atoms with van der Waals surface area (Å²) in [7, 11) is 1.62. The highest BCUT2D eigenvalue weighted by atomic mass is 19.4. The van der Waals surface area contributed by atoms with E-state index < -0.39 is 18.3 Å². The van der Waals surface area contributed by atoms with E-state index in [1.807, 2.05) is 0 Å². The normalized spacial score (nSPS) is 19.9. The van der Waals surface area contributed by atoms with Crippen molar-refractivity contribution in [3.63, 3.8) is 0 Å². The van der Waals surface area contributed by atoms with E-state index in [1.165, 1.54) is 16.7 Å². The van der Waals surface area contributed by atoms with Crippen LogP contribution in [0.2, 0.25) is 0 Å². The first-order chi connectivity index (χ1) is 24.9. The summed E-state index contributed by atoms with van der Waals surface area (Å²) < 4.78 is 62.1. The van der Waals surface area contributed by atoms with Crippen molar-refractivity contribution in [3.05, 3.63) is 94.2 Å². The van der Waals surface area contributed by atoms with Gasteiger partial charge in [-0.25, -0.2) is 4.39 Å². The predicted molar refractivity (Wildman–Crippen MR) is 189 cm³/mol. The van der Waals surface area contributed by atoms with Crippen molar-refractivity contribution in [1.82, 2.24) is 19.7 Å². The van der Waals surface area contributed by atoms with Crippen LogP contribution < -0.4 is 20.9 Å². The molecule has 3 saturated heterocycles. The lowest BCUT2D eigenvalue weighted by Gasteiger charge is -2.42. The summed E-state index contributed by atoms with van der Waals surface area (Å²) in [6, 6.07) is 16.7. The van der Waals surface area contributed by atoms with Crippen LogP contribution in [0.15, 0.2) is 71.7 Å². The Labute approximate surface area is 298 Å². The molecule has 2 amide bonds. The molecule has 0 bridgehead atoms. The molecule has 1 aromatic heterocycles. The predicted octanol–water partition coefficient (Wildman–Crippen LogP) is 6.30. The van der Waals surface area contributed by atoms with Crippen LogP contribution in [0.25, 0.3) is 21.9 Å². The first-order valence-electron chi connectivity index (χ1n) is 17.8. The van der Waals surface area contributed by atoms with Crippen molar-refractivity contribution >= 4 is 28.3 Å². The van der Waals surface area contributed by atoms with Gasteiger partial charge >= 0.3 is 6.36 Å². The van der Waals surface area contributed by atoms with Crippen molar-refractivity contribution < 1.29 is 31.9 Å². The number of rotatable bonds is 8. The molecule has 3 aliphatic rings. The largest absolute Gasteiger partial charge is 0.573 e. The zero-order chi connectivity index (χ0) is 36.6. The molecule has 3 aromatic carbocycles. The Balaban J connectivity index is 0.957. The van der Waals surface area contributed by atoms with Crippen molar-refractivity contribution in [2.45, 2.75) is 69.4 Å². The molecular formula is C39H41F4N5O4. The molecule has 13 heteroatoms. The zero-order valence-electron chi connectivity index (χ0n) is 28.8. The van der Waals surface area contributed by atoms with Gasteiger partial charge in [0.1, 0.15) is 17.6 Å². The number of benzene rings is 3. The van der Waals surface area contributed by atoms with Crippen molar-refractivity contribution in [1.29, 1.82) is 0 Å². The molecular weight excluding hydrogens is 678 g/mol. The van der Waals surface area contributed by atoms with Gasteiger partial charge in [0.25, 0.3) is 5.56 Å². The molecule has 0 aliphatic carbocycles. The van der Waals surface area contributed by atoms with Crippen LogP contribution in [0.4, 0.5) is 23.2 Å². The van der Waals surface area contributed by atoms with E-state index in [1.54, 1.807) is 61.8 Å². The Bertz CT molecular complexity index is 2030. The number of anilines is 1. The number of fused-ring (bicyclic) bond motifs is 1. The van der Waals surface area contributed by atoms with Crippen LogP contribution in [0.1, 0.15) is 55.6 Å². The number of likely N-dealkylation sites (tertiary alicyclic amines) is 2. The minimum absolute atomic E-state index is 0.0785. The van der Waals surface area contributed by atoms with Gasteiger partial charge in [-0.3, -0.25) is 24.6 Å². The van der Waals surface area contributed by atoms with E-state index in [2.05, 4.69) is 25.2 Å². The Hall–Kier alpha value is -4.75. The number of nitrogens with zero attached hydrogens (tertiary/aromatic N) is 3. The average molecular weight is 720 g/mol. The molecule has 7 rings (SSSR count). The quantitative estimate of drug-likeness (QED) is 0.163. The summed E-state index contributed by atoms with van der Waals surface area (Å²) in [4.78, 5) is 40.8. The van der Waals surface area contributed by atoms with Crippen molar-refractivity contribution in [2.24, 2.45) is 7.05 Å². The van der Waals surface area contributed by atoms with Gasteiger partial charge in [0.05, 0.1) is 0 Å². The third-order valence-electron chi connectivity index (χ3n) is 10.7. The van der Waals surface area contributed by atoms with Gasteiger partial charge < -0.3 is 19.5 Å². The fourth-order valence-electron chi connectivity index (χ4n) is 7.96. The van der Waals surface area contributed by atoms with Crippen LogP contribution in [0.5, 0.6) is 5.75 Å². The molecule has 1 atom stereocenters. The van der Waals surface area contributed by atoms with Gasteiger partial charge in [0.2, 0.25) is 11.8 Å². The monoisotopic (exact) mass is 719 g/mol. The third-order valence-corrected chi connectivity index (χ3v) is 10.7. The molecule has 274 valence electrons. The van der Waals surface area contributed by atoms with Gasteiger partial charge in [-0.2, -0.15) is 0 Å². The molecule has 4 aromatic rings.